The van der Waals surface area contributed by atoms with E-state index in [1.165, 1.54) is 6.33 Å². The van der Waals surface area contributed by atoms with E-state index in [-0.39, 0.29) is 5.82 Å². The third-order valence-corrected chi connectivity index (χ3v) is 1.54. The second-order valence-electron chi connectivity index (χ2n) is 2.38. The number of anilines is 1. The van der Waals surface area contributed by atoms with Crippen LogP contribution in [0.25, 0.3) is 11.0 Å². The number of nitrogens with zero attached hydrogens (tertiary/aromatic N) is 4. The van der Waals surface area contributed by atoms with Gasteiger partial charge in [0.05, 0.1) is 6.20 Å². The number of aryl methyl sites for hydroxylation is 1. The molecule has 2 aromatic rings. The molecular formula is C7H9N5. The lowest BCUT2D eigenvalue weighted by Crippen LogP contribution is -1.94. The molecule has 0 aliphatic carbocycles. The first-order valence-electron chi connectivity index (χ1n) is 4.88. The molecule has 0 bridgehead atoms. The summed E-state index contributed by atoms with van der Waals surface area (Å²) >= 11 is 0. The van der Waals surface area contributed by atoms with E-state index in [1.807, 2.05) is 0 Å². The summed E-state index contributed by atoms with van der Waals surface area (Å²) < 4.78 is 22.8. The molecule has 0 saturated carbocycles. The van der Waals surface area contributed by atoms with Gasteiger partial charge in [-0.1, -0.05) is 0 Å². The highest BCUT2D eigenvalue weighted by atomic mass is 15.3. The van der Waals surface area contributed by atoms with Crippen LogP contribution in [0.4, 0.5) is 5.82 Å². The van der Waals surface area contributed by atoms with E-state index in [1.54, 1.807) is 17.9 Å². The Morgan fingerprint density at radius 1 is 1.58 bits per heavy atom. The molecule has 0 aromatic carbocycles. The van der Waals surface area contributed by atoms with Crippen molar-refractivity contribution in [2.45, 2.75) is 0 Å². The quantitative estimate of drug-likeness (QED) is 0.666. The average molecular weight is 166 g/mol. The fraction of sp³-hybridized carbons (Fsp3) is 0.286. The fourth-order valence-corrected chi connectivity index (χ4v) is 1.04. The van der Waals surface area contributed by atoms with E-state index in [0.717, 1.165) is 0 Å². The van der Waals surface area contributed by atoms with Crippen LogP contribution in [0.15, 0.2) is 12.5 Å². The molecule has 5 heteroatoms. The normalized spacial score (nSPS) is 15.2. The zero-order valence-corrected chi connectivity index (χ0v) is 6.44. The Kier molecular flexibility index (Phi) is 0.893. The Labute approximate surface area is 73.7 Å². The molecule has 5 nitrogen and oxygen atoms in total. The van der Waals surface area contributed by atoms with Crippen LogP contribution in [0, 0.1) is 0 Å². The van der Waals surface area contributed by atoms with Gasteiger partial charge in [-0.15, -0.1) is 0 Å². The van der Waals surface area contributed by atoms with Gasteiger partial charge in [-0.2, -0.15) is 5.10 Å². The van der Waals surface area contributed by atoms with E-state index < -0.39 is 6.98 Å². The Morgan fingerprint density at radius 3 is 3.33 bits per heavy atom. The van der Waals surface area contributed by atoms with Gasteiger partial charge in [0, 0.05) is 18.1 Å². The van der Waals surface area contributed by atoms with Gasteiger partial charge in [0.2, 0.25) is 0 Å². The fourth-order valence-electron chi connectivity index (χ4n) is 1.04. The van der Waals surface area contributed by atoms with Crippen LogP contribution >= 0.6 is 0 Å². The van der Waals surface area contributed by atoms with Crippen LogP contribution in [0.1, 0.15) is 4.11 Å². The van der Waals surface area contributed by atoms with E-state index in [9.17, 15) is 0 Å². The molecule has 12 heavy (non-hydrogen) atoms. The smallest absolute Gasteiger partial charge is 0.157 e. The van der Waals surface area contributed by atoms with Crippen molar-refractivity contribution in [1.29, 1.82) is 0 Å². The first-order valence-corrected chi connectivity index (χ1v) is 3.38. The standard InChI is InChI=1S/C7H9N5/c1-8-7-6-5(9-4-10-7)3-12(2)11-6/h3-4H,1-2H3,(H,8,9,10)/i1D3. The Balaban J connectivity index is 2.51. The highest BCUT2D eigenvalue weighted by molar-refractivity contribution is 5.84. The van der Waals surface area contributed by atoms with Gasteiger partial charge in [0.1, 0.15) is 11.8 Å². The van der Waals surface area contributed by atoms with Gasteiger partial charge in [-0.05, 0) is 0 Å². The summed E-state index contributed by atoms with van der Waals surface area (Å²) in [6, 6.07) is 0. The Bertz CT molecular complexity index is 489. The van der Waals surface area contributed by atoms with Crippen LogP contribution in [0.2, 0.25) is 0 Å². The Morgan fingerprint density at radius 2 is 2.50 bits per heavy atom. The number of aromatic nitrogens is 4. The summed E-state index contributed by atoms with van der Waals surface area (Å²) in [4.78, 5) is 7.82. The topological polar surface area (TPSA) is 55.6 Å². The van der Waals surface area contributed by atoms with Crippen molar-refractivity contribution in [2.75, 3.05) is 12.3 Å². The molecule has 0 unspecified atom stereocenters. The van der Waals surface area contributed by atoms with E-state index in [2.05, 4.69) is 20.4 Å². The van der Waals surface area contributed by atoms with Crippen molar-refractivity contribution in [3.8, 4) is 0 Å². The van der Waals surface area contributed by atoms with Gasteiger partial charge in [-0.3, -0.25) is 4.68 Å². The summed E-state index contributed by atoms with van der Waals surface area (Å²) in [6.07, 6.45) is 3.00. The van der Waals surface area contributed by atoms with Gasteiger partial charge in [-0.25, -0.2) is 9.97 Å². The second-order valence-corrected chi connectivity index (χ2v) is 2.38. The molecule has 0 saturated heterocycles. The van der Waals surface area contributed by atoms with Crippen LogP contribution in [0.3, 0.4) is 0 Å². The van der Waals surface area contributed by atoms with Crippen molar-refractivity contribution in [1.82, 2.24) is 19.7 Å². The summed E-state index contributed by atoms with van der Waals surface area (Å²) in [6.45, 7) is -2.28. The van der Waals surface area contributed by atoms with Crippen LogP contribution in [-0.2, 0) is 7.05 Å². The number of rotatable bonds is 1. The lowest BCUT2D eigenvalue weighted by Gasteiger charge is -1.96. The number of fused-ring (bicyclic) bond motifs is 1. The number of hydrogen-bond donors (Lipinski definition) is 1. The highest BCUT2D eigenvalue weighted by Crippen LogP contribution is 2.14. The predicted molar refractivity (Wildman–Crippen MR) is 45.9 cm³/mol. The van der Waals surface area contributed by atoms with Crippen molar-refractivity contribution < 1.29 is 4.11 Å². The van der Waals surface area contributed by atoms with Crippen molar-refractivity contribution in [2.24, 2.45) is 7.05 Å². The third kappa shape index (κ3) is 0.903. The first-order chi connectivity index (χ1) is 6.96. The van der Waals surface area contributed by atoms with Gasteiger partial charge >= 0.3 is 0 Å². The van der Waals surface area contributed by atoms with Crippen LogP contribution < -0.4 is 5.32 Å². The molecule has 0 radical (unpaired) electrons. The van der Waals surface area contributed by atoms with E-state index in [4.69, 9.17) is 4.11 Å². The molecular weight excluding hydrogens is 154 g/mol. The SMILES string of the molecule is [2H]C([2H])([2H])Nc1ncnc2cn(C)nc12. The van der Waals surface area contributed by atoms with Gasteiger partial charge < -0.3 is 5.32 Å². The summed E-state index contributed by atoms with van der Waals surface area (Å²) in [5.41, 5.74) is 1.07. The largest absolute Gasteiger partial charge is 0.371 e. The maximum absolute atomic E-state index is 7.08. The molecule has 62 valence electrons. The minimum Gasteiger partial charge on any atom is -0.371 e. The lowest BCUT2D eigenvalue weighted by molar-refractivity contribution is 0.779. The van der Waals surface area contributed by atoms with Crippen molar-refractivity contribution in [3.63, 3.8) is 0 Å². The van der Waals surface area contributed by atoms with Gasteiger partial charge in [0.25, 0.3) is 0 Å². The zero-order chi connectivity index (χ0) is 11.1. The van der Waals surface area contributed by atoms with Crippen LogP contribution in [0.5, 0.6) is 0 Å². The molecule has 0 spiro atoms. The lowest BCUT2D eigenvalue weighted by atomic mass is 10.4. The first kappa shape index (κ1) is 4.39. The van der Waals surface area contributed by atoms with Crippen molar-refractivity contribution in [3.05, 3.63) is 12.5 Å². The zero-order valence-electron chi connectivity index (χ0n) is 9.44. The molecule has 0 atom stereocenters. The summed E-state index contributed by atoms with van der Waals surface area (Å²) in [5.74, 6) is 0.223. The number of nitrogens with one attached hydrogen (secondary N) is 1. The molecule has 2 aromatic heterocycles. The molecule has 0 fully saturated rings. The minimum atomic E-state index is -2.28. The minimum absolute atomic E-state index is 0.223. The summed E-state index contributed by atoms with van der Waals surface area (Å²) in [5, 5.41) is 6.39. The molecule has 0 aliphatic rings. The summed E-state index contributed by atoms with van der Waals surface area (Å²) in [7, 11) is 1.74. The van der Waals surface area contributed by atoms with E-state index in [0.29, 0.717) is 11.0 Å². The third-order valence-electron chi connectivity index (χ3n) is 1.54. The Hall–Kier alpha value is -1.65. The molecule has 1 N–H and O–H groups in total. The predicted octanol–water partition coefficient (Wildman–Crippen LogP) is 0.405. The monoisotopic (exact) mass is 166 g/mol. The van der Waals surface area contributed by atoms with E-state index >= 15 is 0 Å². The van der Waals surface area contributed by atoms with Crippen LogP contribution in [-0.4, -0.2) is 26.7 Å². The average Bonchev–Trinajstić information content (AvgIpc) is 2.43. The second kappa shape index (κ2) is 2.44. The maximum atomic E-state index is 7.08. The number of hydrogen-bond acceptors (Lipinski definition) is 4. The maximum Gasteiger partial charge on any atom is 0.157 e. The molecule has 2 heterocycles. The molecule has 2 rings (SSSR count). The van der Waals surface area contributed by atoms with Gasteiger partial charge in [0.15, 0.2) is 11.3 Å². The van der Waals surface area contributed by atoms with Crippen molar-refractivity contribution >= 4 is 16.9 Å². The molecule has 0 amide bonds. The molecule has 0 aliphatic heterocycles. The highest BCUT2D eigenvalue weighted by Gasteiger charge is 2.04.